The first-order valence-electron chi connectivity index (χ1n) is 3.36. The van der Waals surface area contributed by atoms with Gasteiger partial charge in [-0.3, -0.25) is 10.1 Å². The van der Waals surface area contributed by atoms with Crippen molar-refractivity contribution in [2.24, 2.45) is 5.73 Å². The van der Waals surface area contributed by atoms with Gasteiger partial charge in [0.25, 0.3) is 5.69 Å². The standard InChI is InChI=1S/C7H7N3O2S/c8-5-2-1-4(7(9)13)3-6(5)10(11)12/h1-3H,8H2,(H2,9,13). The van der Waals surface area contributed by atoms with E-state index < -0.39 is 4.92 Å². The first-order valence-corrected chi connectivity index (χ1v) is 3.77. The molecular weight excluding hydrogens is 190 g/mol. The zero-order valence-electron chi connectivity index (χ0n) is 6.56. The summed E-state index contributed by atoms with van der Waals surface area (Å²) in [6.45, 7) is 0. The average molecular weight is 197 g/mol. The molecule has 0 bridgehead atoms. The van der Waals surface area contributed by atoms with Gasteiger partial charge in [-0.15, -0.1) is 0 Å². The second-order valence-corrected chi connectivity index (χ2v) is 2.83. The molecule has 5 nitrogen and oxygen atoms in total. The van der Waals surface area contributed by atoms with Crippen molar-refractivity contribution < 1.29 is 4.92 Å². The second-order valence-electron chi connectivity index (χ2n) is 2.39. The van der Waals surface area contributed by atoms with Crippen molar-refractivity contribution in [1.29, 1.82) is 0 Å². The van der Waals surface area contributed by atoms with Crippen LogP contribution in [0.2, 0.25) is 0 Å². The molecule has 13 heavy (non-hydrogen) atoms. The molecule has 0 fully saturated rings. The molecule has 0 aromatic heterocycles. The van der Waals surface area contributed by atoms with E-state index in [0.29, 0.717) is 5.56 Å². The van der Waals surface area contributed by atoms with Crippen LogP contribution in [0.25, 0.3) is 0 Å². The van der Waals surface area contributed by atoms with Gasteiger partial charge in [0.15, 0.2) is 0 Å². The predicted octanol–water partition coefficient (Wildman–Crippen LogP) is 0.811. The van der Waals surface area contributed by atoms with Gasteiger partial charge in [0.2, 0.25) is 0 Å². The third kappa shape index (κ3) is 1.91. The van der Waals surface area contributed by atoms with Crippen LogP contribution in [-0.4, -0.2) is 9.91 Å². The quantitative estimate of drug-likeness (QED) is 0.316. The lowest BCUT2D eigenvalue weighted by atomic mass is 10.2. The zero-order chi connectivity index (χ0) is 10.0. The van der Waals surface area contributed by atoms with Crippen LogP contribution in [0.15, 0.2) is 18.2 Å². The summed E-state index contributed by atoms with van der Waals surface area (Å²) >= 11 is 4.67. The van der Waals surface area contributed by atoms with E-state index >= 15 is 0 Å². The fraction of sp³-hybridized carbons (Fsp3) is 0. The Kier molecular flexibility index (Phi) is 2.43. The molecule has 0 heterocycles. The number of nitrogen functional groups attached to an aromatic ring is 1. The lowest BCUT2D eigenvalue weighted by molar-refractivity contribution is -0.383. The monoisotopic (exact) mass is 197 g/mol. The molecule has 0 aliphatic carbocycles. The summed E-state index contributed by atoms with van der Waals surface area (Å²) in [6, 6.07) is 4.22. The Bertz CT molecular complexity index is 378. The van der Waals surface area contributed by atoms with Crippen LogP contribution in [0.1, 0.15) is 5.56 Å². The molecule has 1 aromatic rings. The fourth-order valence-electron chi connectivity index (χ4n) is 0.855. The number of anilines is 1. The summed E-state index contributed by atoms with van der Waals surface area (Å²) in [5.41, 5.74) is 11.0. The molecule has 0 radical (unpaired) electrons. The first kappa shape index (κ1) is 9.40. The second kappa shape index (κ2) is 3.36. The highest BCUT2D eigenvalue weighted by atomic mass is 32.1. The lowest BCUT2D eigenvalue weighted by Gasteiger charge is -2.00. The summed E-state index contributed by atoms with van der Waals surface area (Å²) in [4.78, 5) is 9.98. The number of nitro benzene ring substituents is 1. The van der Waals surface area contributed by atoms with Crippen molar-refractivity contribution in [3.8, 4) is 0 Å². The van der Waals surface area contributed by atoms with Crippen LogP contribution in [0, 0.1) is 10.1 Å². The van der Waals surface area contributed by atoms with Crippen molar-refractivity contribution in [3.63, 3.8) is 0 Å². The molecule has 0 atom stereocenters. The first-order chi connectivity index (χ1) is 6.02. The van der Waals surface area contributed by atoms with E-state index in [9.17, 15) is 10.1 Å². The minimum Gasteiger partial charge on any atom is -0.393 e. The molecule has 0 saturated carbocycles. The molecule has 4 N–H and O–H groups in total. The van der Waals surface area contributed by atoms with E-state index in [1.807, 2.05) is 0 Å². The molecule has 0 spiro atoms. The minimum atomic E-state index is -0.572. The number of thiocarbonyl (C=S) groups is 1. The molecule has 0 aliphatic heterocycles. The predicted molar refractivity (Wildman–Crippen MR) is 53.4 cm³/mol. The molecular formula is C7H7N3O2S. The van der Waals surface area contributed by atoms with Crippen LogP contribution < -0.4 is 11.5 Å². The van der Waals surface area contributed by atoms with Crippen LogP contribution in [0.3, 0.4) is 0 Å². The van der Waals surface area contributed by atoms with Crippen molar-refractivity contribution in [3.05, 3.63) is 33.9 Å². The summed E-state index contributed by atoms with van der Waals surface area (Å²) < 4.78 is 0. The van der Waals surface area contributed by atoms with Gasteiger partial charge in [-0.05, 0) is 12.1 Å². The number of rotatable bonds is 2. The van der Waals surface area contributed by atoms with Gasteiger partial charge in [-0.2, -0.15) is 0 Å². The highest BCUT2D eigenvalue weighted by molar-refractivity contribution is 7.80. The highest BCUT2D eigenvalue weighted by Crippen LogP contribution is 2.21. The number of hydrogen-bond donors (Lipinski definition) is 2. The van der Waals surface area contributed by atoms with Crippen molar-refractivity contribution >= 4 is 28.6 Å². The van der Waals surface area contributed by atoms with Crippen LogP contribution in [0.4, 0.5) is 11.4 Å². The summed E-state index contributed by atoms with van der Waals surface area (Å²) in [7, 11) is 0. The summed E-state index contributed by atoms with van der Waals surface area (Å²) in [5.74, 6) is 0. The SMILES string of the molecule is NC(=S)c1ccc(N)c([N+](=O)[O-])c1. The smallest absolute Gasteiger partial charge is 0.292 e. The van der Waals surface area contributed by atoms with Crippen LogP contribution >= 0.6 is 12.2 Å². The Hall–Kier alpha value is -1.69. The van der Waals surface area contributed by atoms with Crippen molar-refractivity contribution in [1.82, 2.24) is 0 Å². The average Bonchev–Trinajstić information content (AvgIpc) is 2.04. The van der Waals surface area contributed by atoms with Gasteiger partial charge in [0, 0.05) is 11.6 Å². The Labute approximate surface area is 79.5 Å². The number of hydrogen-bond acceptors (Lipinski definition) is 4. The molecule has 0 amide bonds. The van der Waals surface area contributed by atoms with E-state index in [1.54, 1.807) is 6.07 Å². The highest BCUT2D eigenvalue weighted by Gasteiger charge is 2.12. The van der Waals surface area contributed by atoms with Crippen molar-refractivity contribution in [2.75, 3.05) is 5.73 Å². The maximum Gasteiger partial charge on any atom is 0.292 e. The molecule has 6 heteroatoms. The fourth-order valence-corrected chi connectivity index (χ4v) is 0.982. The normalized spacial score (nSPS) is 9.54. The van der Waals surface area contributed by atoms with E-state index in [4.69, 9.17) is 11.5 Å². The Balaban J connectivity index is 3.27. The number of nitrogens with zero attached hydrogens (tertiary/aromatic N) is 1. The topological polar surface area (TPSA) is 95.2 Å². The molecule has 1 rings (SSSR count). The van der Waals surface area contributed by atoms with E-state index in [1.165, 1.54) is 12.1 Å². The molecule has 1 aromatic carbocycles. The number of nitro groups is 1. The van der Waals surface area contributed by atoms with Gasteiger partial charge >= 0.3 is 0 Å². The van der Waals surface area contributed by atoms with Gasteiger partial charge < -0.3 is 11.5 Å². The Morgan fingerprint density at radius 2 is 2.15 bits per heavy atom. The van der Waals surface area contributed by atoms with Crippen molar-refractivity contribution in [2.45, 2.75) is 0 Å². The molecule has 0 aliphatic rings. The Morgan fingerprint density at radius 1 is 1.54 bits per heavy atom. The number of benzene rings is 1. The van der Waals surface area contributed by atoms with Crippen LogP contribution in [0.5, 0.6) is 0 Å². The van der Waals surface area contributed by atoms with E-state index in [-0.39, 0.29) is 16.4 Å². The van der Waals surface area contributed by atoms with E-state index in [2.05, 4.69) is 12.2 Å². The maximum atomic E-state index is 10.4. The molecule has 0 unspecified atom stereocenters. The van der Waals surface area contributed by atoms with E-state index in [0.717, 1.165) is 0 Å². The van der Waals surface area contributed by atoms with Gasteiger partial charge in [-0.25, -0.2) is 0 Å². The minimum absolute atomic E-state index is 0.102. The zero-order valence-corrected chi connectivity index (χ0v) is 7.38. The maximum absolute atomic E-state index is 10.4. The Morgan fingerprint density at radius 3 is 2.62 bits per heavy atom. The largest absolute Gasteiger partial charge is 0.393 e. The van der Waals surface area contributed by atoms with Crippen LogP contribution in [-0.2, 0) is 0 Å². The van der Waals surface area contributed by atoms with Gasteiger partial charge in [-0.1, -0.05) is 12.2 Å². The van der Waals surface area contributed by atoms with Gasteiger partial charge in [0.1, 0.15) is 10.7 Å². The summed E-state index contributed by atoms with van der Waals surface area (Å²) in [6.07, 6.45) is 0. The summed E-state index contributed by atoms with van der Waals surface area (Å²) in [5, 5.41) is 10.4. The third-order valence-electron chi connectivity index (χ3n) is 1.51. The third-order valence-corrected chi connectivity index (χ3v) is 1.75. The number of nitrogens with two attached hydrogens (primary N) is 2. The lowest BCUT2D eigenvalue weighted by Crippen LogP contribution is -2.10. The molecule has 68 valence electrons. The molecule has 0 saturated heterocycles. The van der Waals surface area contributed by atoms with Gasteiger partial charge in [0.05, 0.1) is 4.92 Å².